The molecule has 1 aromatic heterocycles. The van der Waals surface area contributed by atoms with Crippen molar-refractivity contribution in [2.75, 3.05) is 0 Å². The minimum atomic E-state index is -0.172. The van der Waals surface area contributed by atoms with Crippen LogP contribution in [0.15, 0.2) is 54.7 Å². The summed E-state index contributed by atoms with van der Waals surface area (Å²) in [6, 6.07) is 15.5. The van der Waals surface area contributed by atoms with E-state index in [1.807, 2.05) is 6.07 Å². The van der Waals surface area contributed by atoms with Crippen LogP contribution in [0, 0.1) is 12.7 Å². The van der Waals surface area contributed by atoms with Gasteiger partial charge in [-0.05, 0) is 48.1 Å². The van der Waals surface area contributed by atoms with E-state index in [4.69, 9.17) is 0 Å². The smallest absolute Gasteiger partial charge is 0.123 e. The highest BCUT2D eigenvalue weighted by Crippen LogP contribution is 2.29. The topological polar surface area (TPSA) is 4.93 Å². The van der Waals surface area contributed by atoms with Gasteiger partial charge in [-0.1, -0.05) is 37.3 Å². The molecule has 1 nitrogen and oxygen atoms in total. The van der Waals surface area contributed by atoms with Crippen molar-refractivity contribution in [1.82, 2.24) is 4.57 Å². The van der Waals surface area contributed by atoms with Crippen LogP contribution in [0.25, 0.3) is 10.9 Å². The molecule has 0 aliphatic heterocycles. The van der Waals surface area contributed by atoms with Crippen LogP contribution < -0.4 is 0 Å². The maximum absolute atomic E-state index is 13.5. The second kappa shape index (κ2) is 5.12. The molecule has 0 bridgehead atoms. The van der Waals surface area contributed by atoms with Gasteiger partial charge in [0.15, 0.2) is 0 Å². The molecule has 0 amide bonds. The first-order valence-electron chi connectivity index (χ1n) is 7.02. The summed E-state index contributed by atoms with van der Waals surface area (Å²) in [5, 5.41) is 1.24. The molecule has 2 heteroatoms. The van der Waals surface area contributed by atoms with Crippen molar-refractivity contribution in [1.29, 1.82) is 0 Å². The predicted molar refractivity (Wildman–Crippen MR) is 81.5 cm³/mol. The molecule has 0 spiro atoms. The third-order valence-electron chi connectivity index (χ3n) is 3.90. The highest BCUT2D eigenvalue weighted by Gasteiger charge is 2.15. The van der Waals surface area contributed by atoms with Gasteiger partial charge < -0.3 is 4.57 Å². The molecule has 2 aromatic carbocycles. The molecule has 0 radical (unpaired) electrons. The lowest BCUT2D eigenvalue weighted by molar-refractivity contribution is 0.572. The van der Waals surface area contributed by atoms with Crippen LogP contribution in [-0.2, 0) is 0 Å². The number of nitrogens with zero attached hydrogens (tertiary/aromatic N) is 1. The van der Waals surface area contributed by atoms with Crippen molar-refractivity contribution in [2.45, 2.75) is 26.3 Å². The summed E-state index contributed by atoms with van der Waals surface area (Å²) in [5.74, 6) is -0.172. The number of rotatable bonds is 3. The Hall–Kier alpha value is -2.09. The Bertz CT molecular complexity index is 742. The van der Waals surface area contributed by atoms with Gasteiger partial charge in [-0.2, -0.15) is 0 Å². The fraction of sp³-hybridized carbons (Fsp3) is 0.222. The van der Waals surface area contributed by atoms with Crippen molar-refractivity contribution in [3.05, 3.63) is 71.7 Å². The molecular weight excluding hydrogens is 249 g/mol. The van der Waals surface area contributed by atoms with Gasteiger partial charge in [0.25, 0.3) is 0 Å². The summed E-state index contributed by atoms with van der Waals surface area (Å²) in [7, 11) is 0. The largest absolute Gasteiger partial charge is 0.340 e. The quantitative estimate of drug-likeness (QED) is 0.623. The van der Waals surface area contributed by atoms with E-state index in [1.165, 1.54) is 22.5 Å². The van der Waals surface area contributed by atoms with E-state index in [2.05, 4.69) is 48.9 Å². The Balaban J connectivity index is 2.17. The normalized spacial score (nSPS) is 12.8. The first-order chi connectivity index (χ1) is 9.70. The van der Waals surface area contributed by atoms with E-state index in [0.29, 0.717) is 0 Å². The van der Waals surface area contributed by atoms with Gasteiger partial charge in [0.05, 0.1) is 11.6 Å². The zero-order valence-electron chi connectivity index (χ0n) is 11.8. The number of aromatic nitrogens is 1. The molecule has 1 heterocycles. The molecule has 0 fully saturated rings. The number of aryl methyl sites for hydroxylation is 1. The number of benzene rings is 2. The zero-order valence-corrected chi connectivity index (χ0v) is 11.8. The lowest BCUT2D eigenvalue weighted by Gasteiger charge is -2.20. The molecule has 3 aromatic rings. The van der Waals surface area contributed by atoms with Gasteiger partial charge in [-0.25, -0.2) is 4.39 Å². The van der Waals surface area contributed by atoms with Gasteiger partial charge in [0.2, 0.25) is 0 Å². The van der Waals surface area contributed by atoms with Crippen molar-refractivity contribution in [3.63, 3.8) is 0 Å². The zero-order chi connectivity index (χ0) is 14.1. The van der Waals surface area contributed by atoms with Crippen LogP contribution in [0.1, 0.15) is 30.5 Å². The Kier molecular flexibility index (Phi) is 3.31. The highest BCUT2D eigenvalue weighted by molar-refractivity contribution is 5.83. The summed E-state index contributed by atoms with van der Waals surface area (Å²) in [4.78, 5) is 0. The molecule has 0 N–H and O–H groups in total. The van der Waals surface area contributed by atoms with Gasteiger partial charge in [-0.15, -0.1) is 0 Å². The van der Waals surface area contributed by atoms with Crippen LogP contribution >= 0.6 is 0 Å². The molecular formula is C18H18FN. The highest BCUT2D eigenvalue weighted by atomic mass is 19.1. The van der Waals surface area contributed by atoms with E-state index in [-0.39, 0.29) is 11.9 Å². The van der Waals surface area contributed by atoms with Crippen molar-refractivity contribution < 1.29 is 4.39 Å². The second-order valence-corrected chi connectivity index (χ2v) is 5.21. The van der Waals surface area contributed by atoms with E-state index >= 15 is 0 Å². The van der Waals surface area contributed by atoms with E-state index in [1.54, 1.807) is 12.1 Å². The summed E-state index contributed by atoms with van der Waals surface area (Å²) in [6.07, 6.45) is 3.04. The predicted octanol–water partition coefficient (Wildman–Crippen LogP) is 5.09. The minimum absolute atomic E-state index is 0.171. The van der Waals surface area contributed by atoms with Crippen molar-refractivity contribution in [3.8, 4) is 0 Å². The van der Waals surface area contributed by atoms with Crippen LogP contribution in [0.3, 0.4) is 0 Å². The molecule has 1 atom stereocenters. The number of para-hydroxylation sites is 1. The first-order valence-corrected chi connectivity index (χ1v) is 7.02. The van der Waals surface area contributed by atoms with E-state index in [9.17, 15) is 4.39 Å². The minimum Gasteiger partial charge on any atom is -0.340 e. The maximum Gasteiger partial charge on any atom is 0.123 e. The molecule has 0 aliphatic rings. The molecule has 20 heavy (non-hydrogen) atoms. The third kappa shape index (κ3) is 2.11. The Morgan fingerprint density at radius 2 is 1.90 bits per heavy atom. The Labute approximate surface area is 118 Å². The molecule has 0 saturated heterocycles. The van der Waals surface area contributed by atoms with E-state index in [0.717, 1.165) is 12.0 Å². The van der Waals surface area contributed by atoms with Crippen molar-refractivity contribution in [2.24, 2.45) is 0 Å². The fourth-order valence-electron chi connectivity index (χ4n) is 2.97. The maximum atomic E-state index is 13.5. The average molecular weight is 267 g/mol. The van der Waals surface area contributed by atoms with Crippen LogP contribution in [0.2, 0.25) is 0 Å². The van der Waals surface area contributed by atoms with E-state index < -0.39 is 0 Å². The third-order valence-corrected chi connectivity index (χ3v) is 3.90. The molecule has 1 unspecified atom stereocenters. The Morgan fingerprint density at radius 3 is 2.65 bits per heavy atom. The summed E-state index contributed by atoms with van der Waals surface area (Å²) in [6.45, 7) is 4.26. The Morgan fingerprint density at radius 1 is 1.10 bits per heavy atom. The SMILES string of the molecule is CCC(c1cccc(F)c1)n1ccc2cccc(C)c21. The number of hydrogen-bond acceptors (Lipinski definition) is 0. The van der Waals surface area contributed by atoms with Gasteiger partial charge >= 0.3 is 0 Å². The fourth-order valence-corrected chi connectivity index (χ4v) is 2.97. The average Bonchev–Trinajstić information content (AvgIpc) is 2.85. The standard InChI is InChI=1S/C18H18FN/c1-3-17(15-8-5-9-16(19)12-15)20-11-10-14-7-4-6-13(2)18(14)20/h4-12,17H,3H2,1-2H3. The van der Waals surface area contributed by atoms with Crippen molar-refractivity contribution >= 4 is 10.9 Å². The molecule has 102 valence electrons. The molecule has 0 saturated carbocycles. The van der Waals surface area contributed by atoms with Gasteiger partial charge in [0, 0.05) is 6.20 Å². The number of fused-ring (bicyclic) bond motifs is 1. The van der Waals surface area contributed by atoms with Crippen LogP contribution in [0.4, 0.5) is 4.39 Å². The molecule has 0 aliphatic carbocycles. The van der Waals surface area contributed by atoms with Gasteiger partial charge in [0.1, 0.15) is 5.82 Å². The van der Waals surface area contributed by atoms with Crippen LogP contribution in [0.5, 0.6) is 0 Å². The summed E-state index contributed by atoms with van der Waals surface area (Å²) < 4.78 is 15.8. The second-order valence-electron chi connectivity index (χ2n) is 5.21. The summed E-state index contributed by atoms with van der Waals surface area (Å²) >= 11 is 0. The lowest BCUT2D eigenvalue weighted by atomic mass is 10.0. The van der Waals surface area contributed by atoms with Gasteiger partial charge in [-0.3, -0.25) is 0 Å². The number of halogens is 1. The number of hydrogen-bond donors (Lipinski definition) is 0. The lowest BCUT2D eigenvalue weighted by Crippen LogP contribution is -2.09. The summed E-state index contributed by atoms with van der Waals surface area (Å²) in [5.41, 5.74) is 3.51. The molecule has 3 rings (SSSR count). The first kappa shape index (κ1) is 12.9. The van der Waals surface area contributed by atoms with Crippen LogP contribution in [-0.4, -0.2) is 4.57 Å². The monoisotopic (exact) mass is 267 g/mol.